The Hall–Kier alpha value is -4.46. The van der Waals surface area contributed by atoms with Gasteiger partial charge in [0, 0.05) is 53.4 Å². The average molecular weight is 542 g/mol. The molecule has 1 aliphatic rings. The lowest BCUT2D eigenvalue weighted by atomic mass is 10.1. The van der Waals surface area contributed by atoms with E-state index in [0.717, 1.165) is 40.6 Å². The highest BCUT2D eigenvalue weighted by Crippen LogP contribution is 2.31. The minimum Gasteiger partial charge on any atom is -0.497 e. The van der Waals surface area contributed by atoms with E-state index in [1.54, 1.807) is 44.4 Å². The van der Waals surface area contributed by atoms with Gasteiger partial charge in [-0.25, -0.2) is 0 Å². The number of hydrogen-bond acceptors (Lipinski definition) is 5. The van der Waals surface area contributed by atoms with Crippen LogP contribution in [0.5, 0.6) is 17.2 Å². The smallest absolute Gasteiger partial charge is 0.254 e. The fourth-order valence-electron chi connectivity index (χ4n) is 5.02. The molecule has 0 atom stereocenters. The van der Waals surface area contributed by atoms with Gasteiger partial charge in [0.05, 0.1) is 21.3 Å². The number of methoxy groups -OCH3 is 3. The molecule has 2 amide bonds. The van der Waals surface area contributed by atoms with E-state index in [0.29, 0.717) is 36.6 Å². The third-order valence-electron chi connectivity index (χ3n) is 7.38. The van der Waals surface area contributed by atoms with Crippen molar-refractivity contribution in [2.75, 3.05) is 34.4 Å². The summed E-state index contributed by atoms with van der Waals surface area (Å²) in [5.74, 6) is 1.47. The number of benzene rings is 3. The largest absolute Gasteiger partial charge is 0.497 e. The highest BCUT2D eigenvalue weighted by atomic mass is 16.5. The van der Waals surface area contributed by atoms with Crippen LogP contribution >= 0.6 is 0 Å². The summed E-state index contributed by atoms with van der Waals surface area (Å²) in [5, 5.41) is 1.15. The van der Waals surface area contributed by atoms with Gasteiger partial charge in [0.15, 0.2) is 0 Å². The first kappa shape index (κ1) is 27.1. The van der Waals surface area contributed by atoms with Crippen LogP contribution in [0.4, 0.5) is 0 Å². The second-order valence-electron chi connectivity index (χ2n) is 10.0. The molecule has 1 N–H and O–H groups in total. The van der Waals surface area contributed by atoms with Crippen LogP contribution in [0, 0.1) is 0 Å². The first-order valence-electron chi connectivity index (χ1n) is 13.5. The van der Waals surface area contributed by atoms with Gasteiger partial charge in [-0.2, -0.15) is 0 Å². The van der Waals surface area contributed by atoms with Crippen LogP contribution in [0.25, 0.3) is 10.9 Å². The van der Waals surface area contributed by atoms with Gasteiger partial charge in [0.1, 0.15) is 23.8 Å². The third kappa shape index (κ3) is 6.06. The maximum Gasteiger partial charge on any atom is 0.254 e. The Morgan fingerprint density at radius 2 is 1.57 bits per heavy atom. The summed E-state index contributed by atoms with van der Waals surface area (Å²) in [6.07, 6.45) is 4.44. The first-order valence-corrected chi connectivity index (χ1v) is 13.5. The zero-order valence-electron chi connectivity index (χ0n) is 23.2. The SMILES string of the molecule is COc1cc(OC)cc(C(=O)N(CC(=O)N(CCc2c[nH]c3ccccc23)Cc2ccccc2OC)C2CC2)c1. The zero-order chi connectivity index (χ0) is 28.1. The number of fused-ring (bicyclic) bond motifs is 1. The molecule has 1 saturated carbocycles. The van der Waals surface area contributed by atoms with E-state index < -0.39 is 0 Å². The molecule has 208 valence electrons. The molecule has 5 rings (SSSR count). The van der Waals surface area contributed by atoms with Crippen LogP contribution in [-0.2, 0) is 17.8 Å². The molecule has 0 unspecified atom stereocenters. The molecule has 8 nitrogen and oxygen atoms in total. The second kappa shape index (κ2) is 12.2. The topological polar surface area (TPSA) is 84.1 Å². The monoisotopic (exact) mass is 541 g/mol. The molecule has 3 aromatic carbocycles. The molecule has 40 heavy (non-hydrogen) atoms. The molecule has 1 heterocycles. The summed E-state index contributed by atoms with van der Waals surface area (Å²) in [6, 6.07) is 21.0. The predicted molar refractivity (Wildman–Crippen MR) is 154 cm³/mol. The third-order valence-corrected chi connectivity index (χ3v) is 7.38. The number of aromatic amines is 1. The van der Waals surface area contributed by atoms with Gasteiger partial charge in [-0.15, -0.1) is 0 Å². The zero-order valence-corrected chi connectivity index (χ0v) is 23.2. The molecule has 0 saturated heterocycles. The molecule has 0 bridgehead atoms. The summed E-state index contributed by atoms with van der Waals surface area (Å²) in [4.78, 5) is 34.5. The molecule has 4 aromatic rings. The normalized spacial score (nSPS) is 12.7. The van der Waals surface area contributed by atoms with E-state index in [1.807, 2.05) is 53.6 Å². The lowest BCUT2D eigenvalue weighted by molar-refractivity contribution is -0.132. The van der Waals surface area contributed by atoms with Crippen molar-refractivity contribution < 1.29 is 23.8 Å². The lowest BCUT2D eigenvalue weighted by Gasteiger charge is -2.28. The molecule has 0 aliphatic heterocycles. The van der Waals surface area contributed by atoms with Crippen molar-refractivity contribution in [2.45, 2.75) is 31.8 Å². The number of hydrogen-bond donors (Lipinski definition) is 1. The number of H-pyrrole nitrogens is 1. The Morgan fingerprint density at radius 1 is 0.875 bits per heavy atom. The molecule has 8 heteroatoms. The Morgan fingerprint density at radius 3 is 2.27 bits per heavy atom. The van der Waals surface area contributed by atoms with E-state index >= 15 is 0 Å². The van der Waals surface area contributed by atoms with Gasteiger partial charge >= 0.3 is 0 Å². The number of para-hydroxylation sites is 2. The number of nitrogens with zero attached hydrogens (tertiary/aromatic N) is 2. The van der Waals surface area contributed by atoms with Gasteiger partial charge < -0.3 is 29.0 Å². The van der Waals surface area contributed by atoms with Crippen molar-refractivity contribution in [1.29, 1.82) is 0 Å². The molecule has 0 spiro atoms. The summed E-state index contributed by atoms with van der Waals surface area (Å²) in [7, 11) is 4.73. The van der Waals surface area contributed by atoms with Gasteiger partial charge in [-0.05, 0) is 49.1 Å². The van der Waals surface area contributed by atoms with Gasteiger partial charge in [0.2, 0.25) is 5.91 Å². The summed E-state index contributed by atoms with van der Waals surface area (Å²) < 4.78 is 16.3. The minimum absolute atomic E-state index is 0.00788. The predicted octanol–water partition coefficient (Wildman–Crippen LogP) is 5.07. The number of amides is 2. The number of ether oxygens (including phenoxy) is 3. The minimum atomic E-state index is -0.207. The van der Waals surface area contributed by atoms with Crippen molar-refractivity contribution in [1.82, 2.24) is 14.8 Å². The quantitative estimate of drug-likeness (QED) is 0.271. The highest BCUT2D eigenvalue weighted by Gasteiger charge is 2.35. The van der Waals surface area contributed by atoms with Crippen molar-refractivity contribution in [3.05, 3.63) is 89.6 Å². The fraction of sp³-hybridized carbons (Fsp3) is 0.312. The standard InChI is InChI=1S/C32H35N3O5/c1-38-26-16-24(17-27(18-26)39-2)32(37)35(25-12-13-25)21-31(36)34(20-23-8-4-7-11-30(23)40-3)15-14-22-19-33-29-10-6-5-9-28(22)29/h4-11,16-19,25,33H,12-15,20-21H2,1-3H3. The Bertz CT molecular complexity index is 1470. The van der Waals surface area contributed by atoms with Gasteiger partial charge in [0.25, 0.3) is 5.91 Å². The van der Waals surface area contributed by atoms with Crippen LogP contribution < -0.4 is 14.2 Å². The van der Waals surface area contributed by atoms with Crippen molar-refractivity contribution in [2.24, 2.45) is 0 Å². The first-order chi connectivity index (χ1) is 19.5. The fourth-order valence-corrected chi connectivity index (χ4v) is 5.02. The van der Waals surface area contributed by atoms with E-state index in [9.17, 15) is 9.59 Å². The van der Waals surface area contributed by atoms with Crippen molar-refractivity contribution in [3.8, 4) is 17.2 Å². The van der Waals surface area contributed by atoms with E-state index in [-0.39, 0.29) is 24.4 Å². The van der Waals surface area contributed by atoms with Crippen LogP contribution in [0.2, 0.25) is 0 Å². The molecule has 0 radical (unpaired) electrons. The van der Waals surface area contributed by atoms with Crippen LogP contribution in [0.3, 0.4) is 0 Å². The number of aromatic nitrogens is 1. The summed E-state index contributed by atoms with van der Waals surface area (Å²) in [5.41, 5.74) is 3.57. The second-order valence-corrected chi connectivity index (χ2v) is 10.0. The Balaban J connectivity index is 1.39. The van der Waals surface area contributed by atoms with E-state index in [4.69, 9.17) is 14.2 Å². The Kier molecular flexibility index (Phi) is 8.24. The van der Waals surface area contributed by atoms with Crippen molar-refractivity contribution >= 4 is 22.7 Å². The molecular weight excluding hydrogens is 506 g/mol. The Labute approximate surface area is 234 Å². The highest BCUT2D eigenvalue weighted by molar-refractivity contribution is 5.97. The molecule has 1 aromatic heterocycles. The summed E-state index contributed by atoms with van der Waals surface area (Å²) >= 11 is 0. The average Bonchev–Trinajstić information content (AvgIpc) is 3.76. The maximum atomic E-state index is 13.9. The van der Waals surface area contributed by atoms with Gasteiger partial charge in [-0.3, -0.25) is 9.59 Å². The molecular formula is C32H35N3O5. The molecule has 1 aliphatic carbocycles. The number of rotatable bonds is 12. The van der Waals surface area contributed by atoms with Crippen LogP contribution in [0.15, 0.2) is 72.9 Å². The van der Waals surface area contributed by atoms with Crippen LogP contribution in [0.1, 0.15) is 34.3 Å². The maximum absolute atomic E-state index is 13.9. The van der Waals surface area contributed by atoms with Crippen molar-refractivity contribution in [3.63, 3.8) is 0 Å². The number of carbonyl (C=O) groups excluding carboxylic acids is 2. The van der Waals surface area contributed by atoms with Gasteiger partial charge in [-0.1, -0.05) is 36.4 Å². The number of nitrogens with one attached hydrogen (secondary N) is 1. The lowest BCUT2D eigenvalue weighted by Crippen LogP contribution is -2.44. The number of carbonyl (C=O) groups is 2. The summed E-state index contributed by atoms with van der Waals surface area (Å²) in [6.45, 7) is 0.870. The molecule has 1 fully saturated rings. The van der Waals surface area contributed by atoms with E-state index in [1.165, 1.54) is 0 Å². The van der Waals surface area contributed by atoms with E-state index in [2.05, 4.69) is 11.1 Å². The van der Waals surface area contributed by atoms with Crippen LogP contribution in [-0.4, -0.2) is 67.1 Å².